The van der Waals surface area contributed by atoms with Gasteiger partial charge in [0.25, 0.3) is 5.91 Å². The molecule has 3 aromatic carbocycles. The average Bonchev–Trinajstić information content (AvgIpc) is 3.60. The van der Waals surface area contributed by atoms with Gasteiger partial charge in [0.15, 0.2) is 5.78 Å². The van der Waals surface area contributed by atoms with Gasteiger partial charge in [-0.25, -0.2) is 4.79 Å². The molecule has 1 fully saturated rings. The lowest BCUT2D eigenvalue weighted by Gasteiger charge is -2.12. The van der Waals surface area contributed by atoms with E-state index >= 15 is 0 Å². The number of aliphatic carboxylic acids is 1. The van der Waals surface area contributed by atoms with E-state index in [0.29, 0.717) is 24.8 Å². The van der Waals surface area contributed by atoms with Gasteiger partial charge in [-0.1, -0.05) is 67.6 Å². The standard InChI is InChI=1S/C27H25NO4/c1-2-18-3-9-22(10-4-18)24(29)17-19-5-7-20(8-6-19)21-11-13-23(14-12-21)25(30)28-27(15-16-27)26(31)32/h3-14H,2,15-17H2,1H3,(H,28,30)(H,31,32). The number of benzene rings is 3. The van der Waals surface area contributed by atoms with E-state index < -0.39 is 11.5 Å². The molecule has 0 spiro atoms. The number of rotatable bonds is 8. The molecule has 162 valence electrons. The number of carbonyl (C=O) groups is 3. The minimum Gasteiger partial charge on any atom is -0.480 e. The third-order valence-corrected chi connectivity index (χ3v) is 6.00. The van der Waals surface area contributed by atoms with Gasteiger partial charge in [0.1, 0.15) is 5.54 Å². The Bertz CT molecular complexity index is 1140. The molecule has 0 aliphatic heterocycles. The summed E-state index contributed by atoms with van der Waals surface area (Å²) >= 11 is 0. The summed E-state index contributed by atoms with van der Waals surface area (Å²) in [6, 6.07) is 22.6. The molecule has 0 atom stereocenters. The van der Waals surface area contributed by atoms with Crippen molar-refractivity contribution in [3.05, 3.63) is 95.1 Å². The second kappa shape index (κ2) is 8.79. The van der Waals surface area contributed by atoms with E-state index in [4.69, 9.17) is 0 Å². The molecule has 2 N–H and O–H groups in total. The summed E-state index contributed by atoms with van der Waals surface area (Å²) in [5.41, 5.74) is 4.12. The van der Waals surface area contributed by atoms with Crippen LogP contribution in [0.3, 0.4) is 0 Å². The zero-order valence-corrected chi connectivity index (χ0v) is 17.9. The first-order valence-electron chi connectivity index (χ1n) is 10.8. The molecule has 1 amide bonds. The number of Topliss-reactive ketones (excluding diaryl/α,β-unsaturated/α-hetero) is 1. The highest BCUT2D eigenvalue weighted by atomic mass is 16.4. The van der Waals surface area contributed by atoms with Crippen LogP contribution in [0.15, 0.2) is 72.8 Å². The summed E-state index contributed by atoms with van der Waals surface area (Å²) < 4.78 is 0. The SMILES string of the molecule is CCc1ccc(C(=O)Cc2ccc(-c3ccc(C(=O)NC4(C(=O)O)CC4)cc3)cc2)cc1. The highest BCUT2D eigenvalue weighted by molar-refractivity contribution is 5.99. The quantitative estimate of drug-likeness (QED) is 0.511. The topological polar surface area (TPSA) is 83.5 Å². The molecule has 4 rings (SSSR count). The first-order valence-corrected chi connectivity index (χ1v) is 10.8. The van der Waals surface area contributed by atoms with Crippen LogP contribution in [-0.4, -0.2) is 28.3 Å². The number of carboxylic acid groups (broad SMARTS) is 1. The van der Waals surface area contributed by atoms with Crippen molar-refractivity contribution in [1.82, 2.24) is 5.32 Å². The highest BCUT2D eigenvalue weighted by Gasteiger charge is 2.51. The summed E-state index contributed by atoms with van der Waals surface area (Å²) in [5.74, 6) is -1.28. The minimum absolute atomic E-state index is 0.0885. The lowest BCUT2D eigenvalue weighted by atomic mass is 9.98. The van der Waals surface area contributed by atoms with Gasteiger partial charge in [-0.15, -0.1) is 0 Å². The molecule has 5 heteroatoms. The van der Waals surface area contributed by atoms with E-state index in [1.54, 1.807) is 12.1 Å². The van der Waals surface area contributed by atoms with E-state index in [-0.39, 0.29) is 11.7 Å². The number of amides is 1. The molecule has 1 aliphatic carbocycles. The van der Waals surface area contributed by atoms with Crippen LogP contribution < -0.4 is 5.32 Å². The van der Waals surface area contributed by atoms with Crippen molar-refractivity contribution in [3.63, 3.8) is 0 Å². The zero-order chi connectivity index (χ0) is 22.7. The van der Waals surface area contributed by atoms with Crippen LogP contribution in [0.4, 0.5) is 0 Å². The summed E-state index contributed by atoms with van der Waals surface area (Å²) in [6.45, 7) is 2.09. The van der Waals surface area contributed by atoms with E-state index in [1.807, 2.05) is 60.7 Å². The van der Waals surface area contributed by atoms with Gasteiger partial charge in [-0.05, 0) is 53.6 Å². The molecular formula is C27H25NO4. The normalized spacial score (nSPS) is 13.9. The molecule has 0 heterocycles. The predicted octanol–water partition coefficient (Wildman–Crippen LogP) is 4.69. The van der Waals surface area contributed by atoms with Gasteiger partial charge in [-0.2, -0.15) is 0 Å². The number of aryl methyl sites for hydroxylation is 1. The number of hydrogen-bond donors (Lipinski definition) is 2. The molecule has 1 aliphatic rings. The lowest BCUT2D eigenvalue weighted by Crippen LogP contribution is -2.43. The van der Waals surface area contributed by atoms with Gasteiger partial charge in [0.05, 0.1) is 0 Å². The van der Waals surface area contributed by atoms with Crippen LogP contribution in [0.25, 0.3) is 11.1 Å². The second-order valence-corrected chi connectivity index (χ2v) is 8.27. The van der Waals surface area contributed by atoms with Gasteiger partial charge in [0.2, 0.25) is 0 Å². The fraction of sp³-hybridized carbons (Fsp3) is 0.222. The average molecular weight is 428 g/mol. The smallest absolute Gasteiger partial charge is 0.329 e. The molecule has 1 saturated carbocycles. The first kappa shape index (κ1) is 21.5. The Morgan fingerprint density at radius 2 is 1.28 bits per heavy atom. The number of nitrogens with one attached hydrogen (secondary N) is 1. The summed E-state index contributed by atoms with van der Waals surface area (Å²) in [5, 5.41) is 11.8. The van der Waals surface area contributed by atoms with Crippen LogP contribution in [0.5, 0.6) is 0 Å². The maximum Gasteiger partial charge on any atom is 0.329 e. The lowest BCUT2D eigenvalue weighted by molar-refractivity contribution is -0.140. The Balaban J connectivity index is 1.39. The molecule has 0 unspecified atom stereocenters. The number of ketones is 1. The van der Waals surface area contributed by atoms with Crippen molar-refractivity contribution < 1.29 is 19.5 Å². The monoisotopic (exact) mass is 427 g/mol. The highest BCUT2D eigenvalue weighted by Crippen LogP contribution is 2.35. The Kier molecular flexibility index (Phi) is 5.91. The van der Waals surface area contributed by atoms with Gasteiger partial charge in [-0.3, -0.25) is 9.59 Å². The number of carbonyl (C=O) groups excluding carboxylic acids is 2. The van der Waals surface area contributed by atoms with Crippen molar-refractivity contribution >= 4 is 17.7 Å². The van der Waals surface area contributed by atoms with Crippen molar-refractivity contribution in [2.75, 3.05) is 0 Å². The van der Waals surface area contributed by atoms with Crippen LogP contribution in [0.1, 0.15) is 51.6 Å². The van der Waals surface area contributed by atoms with Gasteiger partial charge >= 0.3 is 5.97 Å². The molecule has 32 heavy (non-hydrogen) atoms. The fourth-order valence-electron chi connectivity index (χ4n) is 3.65. The first-order chi connectivity index (χ1) is 15.4. The van der Waals surface area contributed by atoms with E-state index in [1.165, 1.54) is 5.56 Å². The molecule has 0 saturated heterocycles. The Morgan fingerprint density at radius 3 is 1.78 bits per heavy atom. The minimum atomic E-state index is -1.10. The summed E-state index contributed by atoms with van der Waals surface area (Å²) in [7, 11) is 0. The second-order valence-electron chi connectivity index (χ2n) is 8.27. The molecular weight excluding hydrogens is 402 g/mol. The van der Waals surface area contributed by atoms with Crippen LogP contribution >= 0.6 is 0 Å². The maximum atomic E-state index is 12.5. The Labute approximate surface area is 187 Å². The zero-order valence-electron chi connectivity index (χ0n) is 17.9. The van der Waals surface area contributed by atoms with E-state index in [2.05, 4.69) is 12.2 Å². The number of hydrogen-bond acceptors (Lipinski definition) is 3. The maximum absolute atomic E-state index is 12.5. The van der Waals surface area contributed by atoms with Crippen LogP contribution in [-0.2, 0) is 17.6 Å². The van der Waals surface area contributed by atoms with E-state index in [0.717, 1.165) is 28.7 Å². The molecule has 0 bridgehead atoms. The van der Waals surface area contributed by atoms with Crippen LogP contribution in [0.2, 0.25) is 0 Å². The summed E-state index contributed by atoms with van der Waals surface area (Å²) in [4.78, 5) is 36.1. The fourth-order valence-corrected chi connectivity index (χ4v) is 3.65. The number of carboxylic acids is 1. The van der Waals surface area contributed by atoms with Gasteiger partial charge < -0.3 is 10.4 Å². The largest absolute Gasteiger partial charge is 0.480 e. The molecule has 3 aromatic rings. The Morgan fingerprint density at radius 1 is 0.781 bits per heavy atom. The Hall–Kier alpha value is -3.73. The van der Waals surface area contributed by atoms with Crippen molar-refractivity contribution in [1.29, 1.82) is 0 Å². The van der Waals surface area contributed by atoms with Crippen molar-refractivity contribution in [2.45, 2.75) is 38.1 Å². The molecule has 5 nitrogen and oxygen atoms in total. The van der Waals surface area contributed by atoms with Crippen molar-refractivity contribution in [3.8, 4) is 11.1 Å². The van der Waals surface area contributed by atoms with E-state index in [9.17, 15) is 19.5 Å². The third-order valence-electron chi connectivity index (χ3n) is 6.00. The van der Waals surface area contributed by atoms with Gasteiger partial charge in [0, 0.05) is 17.5 Å². The predicted molar refractivity (Wildman–Crippen MR) is 123 cm³/mol. The molecule has 0 aromatic heterocycles. The third kappa shape index (κ3) is 4.62. The van der Waals surface area contributed by atoms with Crippen molar-refractivity contribution in [2.24, 2.45) is 0 Å². The van der Waals surface area contributed by atoms with Crippen LogP contribution in [0, 0.1) is 0 Å². The summed E-state index contributed by atoms with van der Waals surface area (Å²) in [6.07, 6.45) is 2.22. The molecule has 0 radical (unpaired) electrons.